The number of likely N-dealkylation sites (tertiary alicyclic amines) is 1. The number of nitrogens with zero attached hydrogens (tertiary/aromatic N) is 1. The van der Waals surface area contributed by atoms with Gasteiger partial charge in [-0.15, -0.1) is 13.2 Å². The average molecular weight is 383 g/mol. The van der Waals surface area contributed by atoms with E-state index in [9.17, 15) is 22.4 Å². The highest BCUT2D eigenvalue weighted by atomic mass is 19.4. The Bertz CT molecular complexity index is 660. The van der Waals surface area contributed by atoms with Crippen LogP contribution in [0, 0.1) is 11.8 Å². The van der Waals surface area contributed by atoms with Gasteiger partial charge in [-0.25, -0.2) is 4.39 Å². The van der Waals surface area contributed by atoms with Crippen molar-refractivity contribution in [3.8, 4) is 11.8 Å². The van der Waals surface area contributed by atoms with Gasteiger partial charge in [0.05, 0.1) is 5.56 Å². The normalized spacial score (nSPS) is 15.0. The largest absolute Gasteiger partial charge is 0.416 e. The van der Waals surface area contributed by atoms with E-state index < -0.39 is 17.4 Å². The molecule has 6 heteroatoms. The molecule has 148 valence electrons. The number of alkyl halides is 4. The highest BCUT2D eigenvalue weighted by molar-refractivity contribution is 5.87. The van der Waals surface area contributed by atoms with Crippen LogP contribution in [0.25, 0.3) is 0 Å². The van der Waals surface area contributed by atoms with Gasteiger partial charge in [0.1, 0.15) is 0 Å². The number of carbonyl (C=O) groups excluding carboxylic acids is 1. The number of halogens is 4. The molecular weight excluding hydrogens is 358 g/mol. The molecule has 0 saturated carbocycles. The van der Waals surface area contributed by atoms with Gasteiger partial charge in [-0.05, 0) is 30.3 Å². The van der Waals surface area contributed by atoms with Gasteiger partial charge in [0, 0.05) is 31.5 Å². The van der Waals surface area contributed by atoms with E-state index in [2.05, 4.69) is 31.6 Å². The molecule has 1 fully saturated rings. The Morgan fingerprint density at radius 2 is 1.63 bits per heavy atom. The van der Waals surface area contributed by atoms with Crippen LogP contribution in [0.2, 0.25) is 0 Å². The van der Waals surface area contributed by atoms with Crippen LogP contribution >= 0.6 is 0 Å². The lowest BCUT2D eigenvalue weighted by atomic mass is 9.93. The molecule has 0 aliphatic carbocycles. The predicted octanol–water partition coefficient (Wildman–Crippen LogP) is 5.40. The number of amides is 1. The molecule has 0 aromatic heterocycles. The highest BCUT2D eigenvalue weighted by Gasteiger charge is 2.34. The van der Waals surface area contributed by atoms with Crippen molar-refractivity contribution in [1.82, 2.24) is 4.90 Å². The highest BCUT2D eigenvalue weighted by Crippen LogP contribution is 2.29. The van der Waals surface area contributed by atoms with Gasteiger partial charge in [0.2, 0.25) is 5.91 Å². The monoisotopic (exact) mass is 383 g/mol. The van der Waals surface area contributed by atoms with Crippen LogP contribution in [0.15, 0.2) is 50.1 Å². The molecule has 0 radical (unpaired) electrons. The lowest BCUT2D eigenvalue weighted by molar-refractivity contribution is -0.137. The first-order valence-corrected chi connectivity index (χ1v) is 8.54. The Labute approximate surface area is 158 Å². The van der Waals surface area contributed by atoms with Gasteiger partial charge in [-0.2, -0.15) is 13.2 Å². The second-order valence-corrected chi connectivity index (χ2v) is 5.32. The minimum atomic E-state index is -4.40. The molecule has 1 aromatic carbocycles. The van der Waals surface area contributed by atoms with Gasteiger partial charge < -0.3 is 4.90 Å². The second-order valence-electron chi connectivity index (χ2n) is 5.32. The molecule has 0 unspecified atom stereocenters. The third-order valence-electron chi connectivity index (χ3n) is 3.69. The molecule has 27 heavy (non-hydrogen) atoms. The summed E-state index contributed by atoms with van der Waals surface area (Å²) in [6, 6.07) is 4.27. The topological polar surface area (TPSA) is 20.3 Å². The summed E-state index contributed by atoms with van der Waals surface area (Å²) < 4.78 is 51.9. The zero-order valence-electron chi connectivity index (χ0n) is 15.7. The molecule has 1 aliphatic rings. The Kier molecular flexibility index (Phi) is 10.2. The summed E-state index contributed by atoms with van der Waals surface area (Å²) in [5.74, 6) is 4.82. The van der Waals surface area contributed by atoms with Crippen LogP contribution in [0.3, 0.4) is 0 Å². The second kappa shape index (κ2) is 11.2. The van der Waals surface area contributed by atoms with Crippen molar-refractivity contribution < 1.29 is 22.4 Å². The van der Waals surface area contributed by atoms with E-state index in [4.69, 9.17) is 0 Å². The molecule has 2 rings (SSSR count). The molecule has 0 N–H and O–H groups in total. The Morgan fingerprint density at radius 1 is 1.15 bits per heavy atom. The summed E-state index contributed by atoms with van der Waals surface area (Å²) >= 11 is 0. The van der Waals surface area contributed by atoms with E-state index in [0.717, 1.165) is 12.1 Å². The number of benzene rings is 1. The van der Waals surface area contributed by atoms with Crippen LogP contribution < -0.4 is 0 Å². The molecule has 1 aromatic rings. The minimum Gasteiger partial charge on any atom is -0.339 e. The number of carbonyl (C=O) groups is 1. The maximum Gasteiger partial charge on any atom is 0.416 e. The van der Waals surface area contributed by atoms with Crippen molar-refractivity contribution >= 4 is 5.91 Å². The lowest BCUT2D eigenvalue weighted by Crippen LogP contribution is -2.43. The third kappa shape index (κ3) is 7.69. The van der Waals surface area contributed by atoms with E-state index >= 15 is 0 Å². The van der Waals surface area contributed by atoms with Crippen LogP contribution in [0.5, 0.6) is 0 Å². The summed E-state index contributed by atoms with van der Waals surface area (Å²) in [5, 5.41) is 0. The molecular formula is C21H25F4NO. The van der Waals surface area contributed by atoms with Crippen LogP contribution in [0.1, 0.15) is 37.8 Å². The Balaban J connectivity index is 0.00000158. The van der Waals surface area contributed by atoms with E-state index in [-0.39, 0.29) is 31.8 Å². The van der Waals surface area contributed by atoms with Crippen molar-refractivity contribution in [3.63, 3.8) is 0 Å². The SMILES string of the molecule is C=C.C=CC(=O)N1CCC(F)(C#Cc2ccc(C(F)(F)F)cc2)CC1.CC. The number of hydrogen-bond donors (Lipinski definition) is 0. The molecule has 0 spiro atoms. The fraction of sp³-hybridized carbons (Fsp3) is 0.381. The van der Waals surface area contributed by atoms with Gasteiger partial charge >= 0.3 is 6.18 Å². The van der Waals surface area contributed by atoms with Gasteiger partial charge in [-0.1, -0.05) is 32.3 Å². The Hall–Kier alpha value is -2.55. The zero-order chi connectivity index (χ0) is 21.1. The predicted molar refractivity (Wildman–Crippen MR) is 101 cm³/mol. The molecule has 0 atom stereocenters. The quantitative estimate of drug-likeness (QED) is 0.275. The van der Waals surface area contributed by atoms with Crippen molar-refractivity contribution in [2.24, 2.45) is 0 Å². The van der Waals surface area contributed by atoms with E-state index in [1.807, 2.05) is 13.8 Å². The molecule has 0 bridgehead atoms. The average Bonchev–Trinajstić information content (AvgIpc) is 2.69. The molecule has 1 heterocycles. The number of hydrogen-bond acceptors (Lipinski definition) is 1. The van der Waals surface area contributed by atoms with Crippen LogP contribution in [0.4, 0.5) is 17.6 Å². The maximum atomic E-state index is 14.6. The van der Waals surface area contributed by atoms with Gasteiger partial charge in [-0.3, -0.25) is 4.79 Å². The van der Waals surface area contributed by atoms with Crippen molar-refractivity contribution in [2.75, 3.05) is 13.1 Å². The first kappa shape index (κ1) is 24.5. The van der Waals surface area contributed by atoms with E-state index in [1.54, 1.807) is 0 Å². The van der Waals surface area contributed by atoms with Gasteiger partial charge in [0.25, 0.3) is 0 Å². The maximum absolute atomic E-state index is 14.6. The molecule has 1 aliphatic heterocycles. The first-order valence-electron chi connectivity index (χ1n) is 8.54. The Morgan fingerprint density at radius 3 is 2.04 bits per heavy atom. The van der Waals surface area contributed by atoms with Gasteiger partial charge in [0.15, 0.2) is 5.67 Å². The number of piperidine rings is 1. The van der Waals surface area contributed by atoms with Crippen molar-refractivity contribution in [3.05, 3.63) is 61.2 Å². The van der Waals surface area contributed by atoms with E-state index in [1.165, 1.54) is 23.1 Å². The molecule has 1 amide bonds. The number of rotatable bonds is 1. The molecule has 2 nitrogen and oxygen atoms in total. The van der Waals surface area contributed by atoms with Crippen LogP contribution in [-0.2, 0) is 11.0 Å². The van der Waals surface area contributed by atoms with Crippen molar-refractivity contribution in [1.29, 1.82) is 0 Å². The zero-order valence-corrected chi connectivity index (χ0v) is 15.7. The van der Waals surface area contributed by atoms with Crippen LogP contribution in [-0.4, -0.2) is 29.6 Å². The summed E-state index contributed by atoms with van der Waals surface area (Å²) in [6.07, 6.45) is -3.09. The summed E-state index contributed by atoms with van der Waals surface area (Å²) in [5.41, 5.74) is -2.19. The summed E-state index contributed by atoms with van der Waals surface area (Å²) in [4.78, 5) is 12.9. The third-order valence-corrected chi connectivity index (χ3v) is 3.69. The first-order chi connectivity index (χ1) is 12.7. The minimum absolute atomic E-state index is 0.0697. The van der Waals surface area contributed by atoms with Crippen molar-refractivity contribution in [2.45, 2.75) is 38.5 Å². The fourth-order valence-corrected chi connectivity index (χ4v) is 2.26. The summed E-state index contributed by atoms with van der Waals surface area (Å²) in [7, 11) is 0. The van der Waals surface area contributed by atoms with E-state index in [0.29, 0.717) is 5.56 Å². The standard InChI is InChI=1S/C17H15F4NO.C2H6.C2H4/c1-2-15(23)22-11-9-16(18,10-12-22)8-7-13-3-5-14(6-4-13)17(19,20)21;2*1-2/h2-6H,1,9-12H2;1-2H3;1-2H2. The summed E-state index contributed by atoms with van der Waals surface area (Å²) in [6.45, 7) is 13.9. The molecule has 1 saturated heterocycles. The fourth-order valence-electron chi connectivity index (χ4n) is 2.26. The lowest BCUT2D eigenvalue weighted by Gasteiger charge is -2.32. The smallest absolute Gasteiger partial charge is 0.339 e.